The van der Waals surface area contributed by atoms with Crippen LogP contribution < -0.4 is 0 Å². The van der Waals surface area contributed by atoms with E-state index in [0.717, 1.165) is 10.1 Å². The van der Waals surface area contributed by atoms with Crippen LogP contribution in [-0.4, -0.2) is 27.8 Å². The number of hydrogen-bond acceptors (Lipinski definition) is 9. The molecule has 0 aliphatic heterocycles. The maximum Gasteiger partial charge on any atom is 0.252 e. The summed E-state index contributed by atoms with van der Waals surface area (Å²) in [7, 11) is 0. The summed E-state index contributed by atoms with van der Waals surface area (Å²) in [6.07, 6.45) is 0. The SMILES string of the molecule is CCSc1nnc(/N=N/C(C#N)C(=O)c2ccccc2C#N)s1. The van der Waals surface area contributed by atoms with Crippen molar-refractivity contribution in [3.8, 4) is 12.1 Å². The van der Waals surface area contributed by atoms with Crippen LogP contribution in [0.4, 0.5) is 5.13 Å². The van der Waals surface area contributed by atoms with Crippen LogP contribution in [0.1, 0.15) is 22.8 Å². The van der Waals surface area contributed by atoms with Crippen molar-refractivity contribution in [1.29, 1.82) is 10.5 Å². The molecule has 0 fully saturated rings. The van der Waals surface area contributed by atoms with Crippen LogP contribution in [0.25, 0.3) is 0 Å². The normalized spacial score (nSPS) is 11.8. The van der Waals surface area contributed by atoms with E-state index in [2.05, 4.69) is 20.4 Å². The van der Waals surface area contributed by atoms with Gasteiger partial charge in [0.15, 0.2) is 4.34 Å². The first-order valence-electron chi connectivity index (χ1n) is 6.49. The van der Waals surface area contributed by atoms with Gasteiger partial charge in [0.1, 0.15) is 0 Å². The number of carbonyl (C=O) groups is 1. The van der Waals surface area contributed by atoms with Crippen LogP contribution in [0, 0.1) is 22.7 Å². The Morgan fingerprint density at radius 2 is 2.17 bits per heavy atom. The van der Waals surface area contributed by atoms with Crippen LogP contribution in [0.3, 0.4) is 0 Å². The second kappa shape index (κ2) is 8.13. The van der Waals surface area contributed by atoms with E-state index in [4.69, 9.17) is 10.5 Å². The van der Waals surface area contributed by atoms with Crippen molar-refractivity contribution in [3.05, 3.63) is 35.4 Å². The van der Waals surface area contributed by atoms with E-state index in [-0.39, 0.29) is 16.3 Å². The monoisotopic (exact) mass is 342 g/mol. The molecule has 1 unspecified atom stereocenters. The number of thioether (sulfide) groups is 1. The molecule has 0 aliphatic rings. The fraction of sp³-hybridized carbons (Fsp3) is 0.214. The third-order valence-electron chi connectivity index (χ3n) is 2.61. The molecule has 0 spiro atoms. The molecule has 1 atom stereocenters. The first-order valence-corrected chi connectivity index (χ1v) is 8.30. The summed E-state index contributed by atoms with van der Waals surface area (Å²) in [6.45, 7) is 1.99. The topological polar surface area (TPSA) is 115 Å². The van der Waals surface area contributed by atoms with E-state index in [1.54, 1.807) is 18.2 Å². The second-order valence-corrected chi connectivity index (χ2v) is 6.52. The van der Waals surface area contributed by atoms with Gasteiger partial charge in [0, 0.05) is 5.56 Å². The van der Waals surface area contributed by atoms with Gasteiger partial charge in [-0.05, 0) is 17.9 Å². The number of nitriles is 2. The number of nitrogens with zero attached hydrogens (tertiary/aromatic N) is 6. The van der Waals surface area contributed by atoms with E-state index in [1.165, 1.54) is 35.2 Å². The van der Waals surface area contributed by atoms with Gasteiger partial charge in [0.2, 0.25) is 11.8 Å². The quantitative estimate of drug-likeness (QED) is 0.451. The van der Waals surface area contributed by atoms with Crippen molar-refractivity contribution in [3.63, 3.8) is 0 Å². The number of ketones is 1. The molecule has 23 heavy (non-hydrogen) atoms. The average Bonchev–Trinajstić information content (AvgIpc) is 3.03. The van der Waals surface area contributed by atoms with Crippen molar-refractivity contribution in [1.82, 2.24) is 10.2 Å². The highest BCUT2D eigenvalue weighted by Gasteiger charge is 2.22. The Kier molecular flexibility index (Phi) is 5.92. The Morgan fingerprint density at radius 1 is 1.39 bits per heavy atom. The van der Waals surface area contributed by atoms with Gasteiger partial charge in [-0.15, -0.1) is 15.3 Å². The predicted molar refractivity (Wildman–Crippen MR) is 85.7 cm³/mol. The number of azo groups is 1. The zero-order valence-electron chi connectivity index (χ0n) is 12.0. The zero-order chi connectivity index (χ0) is 16.7. The molecule has 0 radical (unpaired) electrons. The van der Waals surface area contributed by atoms with Crippen molar-refractivity contribution >= 4 is 34.0 Å². The summed E-state index contributed by atoms with van der Waals surface area (Å²) in [5.41, 5.74) is 0.352. The molecule has 0 amide bonds. The summed E-state index contributed by atoms with van der Waals surface area (Å²) < 4.78 is 0.746. The molecule has 114 valence electrons. The number of rotatable bonds is 6. The van der Waals surface area contributed by atoms with Crippen molar-refractivity contribution in [2.45, 2.75) is 17.3 Å². The van der Waals surface area contributed by atoms with Gasteiger partial charge in [0.25, 0.3) is 5.13 Å². The van der Waals surface area contributed by atoms with Gasteiger partial charge in [-0.1, -0.05) is 42.2 Å². The predicted octanol–water partition coefficient (Wildman–Crippen LogP) is 3.38. The van der Waals surface area contributed by atoms with E-state index in [9.17, 15) is 4.79 Å². The van der Waals surface area contributed by atoms with Crippen LogP contribution in [0.15, 0.2) is 38.8 Å². The maximum absolute atomic E-state index is 12.3. The number of benzene rings is 1. The Bertz CT molecular complexity index is 817. The lowest BCUT2D eigenvalue weighted by molar-refractivity contribution is 0.0979. The fourth-order valence-electron chi connectivity index (χ4n) is 1.61. The lowest BCUT2D eigenvalue weighted by atomic mass is 10.0. The minimum absolute atomic E-state index is 0.153. The molecule has 9 heteroatoms. The molecule has 0 N–H and O–H groups in total. The Balaban J connectivity index is 2.19. The van der Waals surface area contributed by atoms with E-state index in [0.29, 0.717) is 0 Å². The maximum atomic E-state index is 12.3. The molecule has 0 bridgehead atoms. The third-order valence-corrected chi connectivity index (χ3v) is 4.43. The van der Waals surface area contributed by atoms with Crippen molar-refractivity contribution in [2.24, 2.45) is 10.2 Å². The Labute approximate surface area is 140 Å². The highest BCUT2D eigenvalue weighted by Crippen LogP contribution is 2.27. The van der Waals surface area contributed by atoms with Crippen molar-refractivity contribution < 1.29 is 4.79 Å². The first-order chi connectivity index (χ1) is 11.2. The fourth-order valence-corrected chi connectivity index (χ4v) is 3.18. The lowest BCUT2D eigenvalue weighted by Crippen LogP contribution is -2.17. The van der Waals surface area contributed by atoms with Crippen molar-refractivity contribution in [2.75, 3.05) is 5.75 Å². The summed E-state index contributed by atoms with van der Waals surface area (Å²) in [5.74, 6) is 0.289. The number of Topliss-reactive ketones (excluding diaryl/α,β-unsaturated/α-hetero) is 1. The Morgan fingerprint density at radius 3 is 2.87 bits per heavy atom. The molecule has 1 aromatic carbocycles. The molecule has 1 aromatic heterocycles. The summed E-state index contributed by atoms with van der Waals surface area (Å²) in [4.78, 5) is 12.3. The molecule has 7 nitrogen and oxygen atoms in total. The largest absolute Gasteiger partial charge is 0.290 e. The number of carbonyl (C=O) groups excluding carboxylic acids is 1. The van der Waals surface area contributed by atoms with E-state index >= 15 is 0 Å². The minimum atomic E-state index is -1.32. The van der Waals surface area contributed by atoms with Gasteiger partial charge < -0.3 is 0 Å². The van der Waals surface area contributed by atoms with Gasteiger partial charge >= 0.3 is 0 Å². The van der Waals surface area contributed by atoms with Crippen LogP contribution in [0.5, 0.6) is 0 Å². The molecular formula is C14H10N6OS2. The highest BCUT2D eigenvalue weighted by molar-refractivity contribution is 8.01. The molecule has 2 aromatic rings. The van der Waals surface area contributed by atoms with Crippen LogP contribution >= 0.6 is 23.1 Å². The molecular weight excluding hydrogens is 332 g/mol. The first kappa shape index (κ1) is 16.7. The summed E-state index contributed by atoms with van der Waals surface area (Å²) >= 11 is 2.75. The highest BCUT2D eigenvalue weighted by atomic mass is 32.2. The van der Waals surface area contributed by atoms with Crippen LogP contribution in [-0.2, 0) is 0 Å². The van der Waals surface area contributed by atoms with Gasteiger partial charge in [0.05, 0.1) is 17.7 Å². The molecule has 0 saturated carbocycles. The molecule has 0 aliphatic carbocycles. The standard InChI is InChI=1S/C14H10N6OS2/c1-2-22-14-20-19-13(23-14)18-17-11(8-16)12(21)10-6-4-3-5-9(10)7-15/h3-6,11H,2H2,1H3/b18-17+. The number of aromatic nitrogens is 2. The summed E-state index contributed by atoms with van der Waals surface area (Å²) in [5, 5.41) is 33.7. The van der Waals surface area contributed by atoms with Gasteiger partial charge in [-0.2, -0.15) is 15.6 Å². The summed E-state index contributed by atoms with van der Waals surface area (Å²) in [6, 6.07) is 8.65. The second-order valence-electron chi connectivity index (χ2n) is 4.05. The van der Waals surface area contributed by atoms with E-state index < -0.39 is 11.8 Å². The molecule has 1 heterocycles. The smallest absolute Gasteiger partial charge is 0.252 e. The average molecular weight is 342 g/mol. The van der Waals surface area contributed by atoms with E-state index in [1.807, 2.05) is 13.0 Å². The number of hydrogen-bond donors (Lipinski definition) is 0. The van der Waals surface area contributed by atoms with Gasteiger partial charge in [-0.3, -0.25) is 4.79 Å². The van der Waals surface area contributed by atoms with Gasteiger partial charge in [-0.25, -0.2) is 0 Å². The zero-order valence-corrected chi connectivity index (χ0v) is 13.6. The molecule has 2 rings (SSSR count). The Hall–Kier alpha value is -2.62. The van der Waals surface area contributed by atoms with Crippen LogP contribution in [0.2, 0.25) is 0 Å². The third kappa shape index (κ3) is 4.19. The molecule has 0 saturated heterocycles. The minimum Gasteiger partial charge on any atom is -0.290 e. The lowest BCUT2D eigenvalue weighted by Gasteiger charge is -2.03.